The summed E-state index contributed by atoms with van der Waals surface area (Å²) in [5.41, 5.74) is -0.0983. The van der Waals surface area contributed by atoms with E-state index in [9.17, 15) is 19.7 Å². The molecular weight excluding hydrogens is 264 g/mol. The summed E-state index contributed by atoms with van der Waals surface area (Å²) in [7, 11) is 0. The van der Waals surface area contributed by atoms with Crippen molar-refractivity contribution in [1.82, 2.24) is 5.32 Å². The van der Waals surface area contributed by atoms with Gasteiger partial charge in [-0.3, -0.25) is 14.9 Å². The van der Waals surface area contributed by atoms with E-state index in [0.717, 1.165) is 0 Å². The molecule has 0 aromatic heterocycles. The molecule has 7 nitrogen and oxygen atoms in total. The number of amides is 1. The third-order valence-corrected chi connectivity index (χ3v) is 2.88. The van der Waals surface area contributed by atoms with Gasteiger partial charge in [0.05, 0.1) is 4.92 Å². The fourth-order valence-corrected chi connectivity index (χ4v) is 1.82. The lowest BCUT2D eigenvalue weighted by atomic mass is 10.0. The predicted octanol–water partition coefficient (Wildman–Crippen LogP) is 1.74. The minimum Gasteiger partial charge on any atom is -0.480 e. The minimum absolute atomic E-state index is 0.137. The molecule has 1 aromatic rings. The van der Waals surface area contributed by atoms with Crippen LogP contribution < -0.4 is 5.32 Å². The van der Waals surface area contributed by atoms with Gasteiger partial charge in [0.15, 0.2) is 0 Å². The summed E-state index contributed by atoms with van der Waals surface area (Å²) < 4.78 is 0. The fourth-order valence-electron chi connectivity index (χ4n) is 1.82. The summed E-state index contributed by atoms with van der Waals surface area (Å²) in [6.45, 7) is 4.81. The lowest BCUT2D eigenvalue weighted by Gasteiger charge is -2.18. The second kappa shape index (κ2) is 6.14. The van der Waals surface area contributed by atoms with Crippen LogP contribution in [0.1, 0.15) is 29.8 Å². The molecular formula is C13H16N2O5. The van der Waals surface area contributed by atoms with Crippen LogP contribution in [0.2, 0.25) is 0 Å². The van der Waals surface area contributed by atoms with Crippen LogP contribution in [-0.4, -0.2) is 27.9 Å². The molecule has 0 aliphatic rings. The van der Waals surface area contributed by atoms with Crippen LogP contribution in [0.5, 0.6) is 0 Å². The van der Waals surface area contributed by atoms with E-state index in [4.69, 9.17) is 5.11 Å². The maximum absolute atomic E-state index is 12.1. The Bertz CT molecular complexity index is 554. The topological polar surface area (TPSA) is 110 Å². The molecule has 0 spiro atoms. The summed E-state index contributed by atoms with van der Waals surface area (Å²) in [4.78, 5) is 33.5. The number of rotatable bonds is 5. The van der Waals surface area contributed by atoms with Crippen LogP contribution in [0.3, 0.4) is 0 Å². The third kappa shape index (κ3) is 3.31. The summed E-state index contributed by atoms with van der Waals surface area (Å²) >= 11 is 0. The molecule has 0 unspecified atom stereocenters. The van der Waals surface area contributed by atoms with Crippen LogP contribution in [0.4, 0.5) is 5.69 Å². The molecule has 7 heteroatoms. The fraction of sp³-hybridized carbons (Fsp3) is 0.385. The number of carboxylic acids is 1. The van der Waals surface area contributed by atoms with Crippen molar-refractivity contribution in [2.24, 2.45) is 5.92 Å². The largest absolute Gasteiger partial charge is 0.480 e. The van der Waals surface area contributed by atoms with Crippen LogP contribution >= 0.6 is 0 Å². The number of nitrogens with one attached hydrogen (secondary N) is 1. The second-order valence-corrected chi connectivity index (χ2v) is 4.76. The molecule has 2 N–H and O–H groups in total. The third-order valence-electron chi connectivity index (χ3n) is 2.88. The highest BCUT2D eigenvalue weighted by molar-refractivity contribution is 6.00. The highest BCUT2D eigenvalue weighted by Crippen LogP contribution is 2.23. The monoisotopic (exact) mass is 280 g/mol. The number of carbonyl (C=O) groups excluding carboxylic acids is 1. The molecule has 1 aromatic carbocycles. The number of carbonyl (C=O) groups is 2. The van der Waals surface area contributed by atoms with Crippen LogP contribution in [0.15, 0.2) is 18.2 Å². The van der Waals surface area contributed by atoms with E-state index in [-0.39, 0.29) is 17.2 Å². The molecule has 0 radical (unpaired) electrons. The molecule has 0 saturated carbocycles. The lowest BCUT2D eigenvalue weighted by molar-refractivity contribution is -0.385. The van der Waals surface area contributed by atoms with E-state index < -0.39 is 22.8 Å². The molecule has 0 fully saturated rings. The number of para-hydroxylation sites is 1. The Hall–Kier alpha value is -2.44. The Morgan fingerprint density at radius 2 is 1.95 bits per heavy atom. The molecule has 20 heavy (non-hydrogen) atoms. The highest BCUT2D eigenvalue weighted by Gasteiger charge is 2.28. The number of aliphatic carboxylic acids is 1. The molecule has 0 aliphatic heterocycles. The average molecular weight is 280 g/mol. The van der Waals surface area contributed by atoms with E-state index in [1.54, 1.807) is 13.8 Å². The van der Waals surface area contributed by atoms with Crippen molar-refractivity contribution in [2.75, 3.05) is 0 Å². The summed E-state index contributed by atoms with van der Waals surface area (Å²) in [5.74, 6) is -2.27. The van der Waals surface area contributed by atoms with Gasteiger partial charge in [-0.1, -0.05) is 26.0 Å². The van der Waals surface area contributed by atoms with Gasteiger partial charge in [0, 0.05) is 5.56 Å². The van der Waals surface area contributed by atoms with Crippen molar-refractivity contribution in [3.05, 3.63) is 39.4 Å². The van der Waals surface area contributed by atoms with E-state index >= 15 is 0 Å². The van der Waals surface area contributed by atoms with Crippen molar-refractivity contribution >= 4 is 17.6 Å². The number of benzene rings is 1. The average Bonchev–Trinajstić information content (AvgIpc) is 2.33. The summed E-state index contributed by atoms with van der Waals surface area (Å²) in [5, 5.41) is 22.3. The number of nitro groups is 1. The highest BCUT2D eigenvalue weighted by atomic mass is 16.6. The zero-order chi connectivity index (χ0) is 15.4. The van der Waals surface area contributed by atoms with Crippen LogP contribution in [-0.2, 0) is 4.79 Å². The first-order valence-electron chi connectivity index (χ1n) is 6.03. The number of nitro benzene ring substituents is 1. The Labute approximate surface area is 115 Å². The zero-order valence-electron chi connectivity index (χ0n) is 11.4. The Morgan fingerprint density at radius 1 is 1.35 bits per heavy atom. The molecule has 1 amide bonds. The second-order valence-electron chi connectivity index (χ2n) is 4.76. The van der Waals surface area contributed by atoms with Gasteiger partial charge in [0.2, 0.25) is 0 Å². The van der Waals surface area contributed by atoms with Gasteiger partial charge in [-0.2, -0.15) is 0 Å². The number of aryl methyl sites for hydroxylation is 1. The predicted molar refractivity (Wildman–Crippen MR) is 71.6 cm³/mol. The summed E-state index contributed by atoms with van der Waals surface area (Å²) in [6, 6.07) is 3.25. The van der Waals surface area contributed by atoms with E-state index in [2.05, 4.69) is 5.32 Å². The lowest BCUT2D eigenvalue weighted by Crippen LogP contribution is -2.44. The summed E-state index contributed by atoms with van der Waals surface area (Å²) in [6.07, 6.45) is 0. The molecule has 0 aliphatic carbocycles. The maximum atomic E-state index is 12.1. The number of hydrogen-bond donors (Lipinski definition) is 2. The Morgan fingerprint density at radius 3 is 2.40 bits per heavy atom. The number of carboxylic acid groups (broad SMARTS) is 1. The first-order valence-corrected chi connectivity index (χ1v) is 6.03. The van der Waals surface area contributed by atoms with Crippen molar-refractivity contribution in [3.8, 4) is 0 Å². The zero-order valence-corrected chi connectivity index (χ0v) is 11.4. The number of nitrogens with zero attached hydrogens (tertiary/aromatic N) is 1. The van der Waals surface area contributed by atoms with Gasteiger partial charge in [-0.15, -0.1) is 0 Å². The van der Waals surface area contributed by atoms with Gasteiger partial charge in [0.25, 0.3) is 11.6 Å². The number of hydrogen-bond acceptors (Lipinski definition) is 4. The minimum atomic E-state index is -1.18. The quantitative estimate of drug-likeness (QED) is 0.630. The van der Waals surface area contributed by atoms with Crippen LogP contribution in [0, 0.1) is 23.0 Å². The van der Waals surface area contributed by atoms with E-state index in [1.807, 2.05) is 0 Å². The normalized spacial score (nSPS) is 12.0. The van der Waals surface area contributed by atoms with Gasteiger partial charge in [-0.05, 0) is 18.9 Å². The Balaban J connectivity index is 3.13. The molecule has 1 atom stereocenters. The Kier molecular flexibility index (Phi) is 4.79. The smallest absolute Gasteiger partial charge is 0.326 e. The van der Waals surface area contributed by atoms with Crippen molar-refractivity contribution in [3.63, 3.8) is 0 Å². The van der Waals surface area contributed by atoms with E-state index in [1.165, 1.54) is 25.1 Å². The molecule has 108 valence electrons. The first-order chi connectivity index (χ1) is 9.25. The first kappa shape index (κ1) is 15.6. The molecule has 0 bridgehead atoms. The van der Waals surface area contributed by atoms with Gasteiger partial charge >= 0.3 is 5.97 Å². The van der Waals surface area contributed by atoms with Crippen LogP contribution in [0.25, 0.3) is 0 Å². The maximum Gasteiger partial charge on any atom is 0.326 e. The van der Waals surface area contributed by atoms with Gasteiger partial charge in [-0.25, -0.2) is 4.79 Å². The molecule has 0 saturated heterocycles. The van der Waals surface area contributed by atoms with Crippen molar-refractivity contribution < 1.29 is 19.6 Å². The SMILES string of the molecule is Cc1cccc(C(=O)N[C@@H](C(=O)O)C(C)C)c1[N+](=O)[O-]. The van der Waals surface area contributed by atoms with Crippen molar-refractivity contribution in [1.29, 1.82) is 0 Å². The molecule has 1 rings (SSSR count). The standard InChI is InChI=1S/C13H16N2O5/c1-7(2)10(13(17)18)14-12(16)9-6-4-5-8(3)11(9)15(19)20/h4-7,10H,1-3H3,(H,14,16)(H,17,18)/t10-/m1/s1. The van der Waals surface area contributed by atoms with Gasteiger partial charge < -0.3 is 10.4 Å². The van der Waals surface area contributed by atoms with Crippen molar-refractivity contribution in [2.45, 2.75) is 26.8 Å². The molecule has 0 heterocycles. The van der Waals surface area contributed by atoms with E-state index in [0.29, 0.717) is 5.56 Å². The van der Waals surface area contributed by atoms with Gasteiger partial charge in [0.1, 0.15) is 11.6 Å².